The zero-order valence-electron chi connectivity index (χ0n) is 9.78. The molecule has 0 aliphatic rings. The molecule has 1 N–H and O–H groups in total. The van der Waals surface area contributed by atoms with Crippen molar-refractivity contribution in [2.45, 2.75) is 23.5 Å². The molecular formula is C12H11F3N2S2. The van der Waals surface area contributed by atoms with Gasteiger partial charge in [0.15, 0.2) is 0 Å². The van der Waals surface area contributed by atoms with Crippen LogP contribution in [-0.4, -0.2) is 10.5 Å². The monoisotopic (exact) mass is 304 g/mol. The molecule has 19 heavy (non-hydrogen) atoms. The topological polar surface area (TPSA) is 24.9 Å². The Morgan fingerprint density at radius 1 is 1.16 bits per heavy atom. The largest absolute Gasteiger partial charge is 0.446 e. The van der Waals surface area contributed by atoms with E-state index in [0.29, 0.717) is 13.1 Å². The van der Waals surface area contributed by atoms with E-state index >= 15 is 0 Å². The summed E-state index contributed by atoms with van der Waals surface area (Å²) in [6.45, 7) is 1.26. The number of thiazole rings is 1. The van der Waals surface area contributed by atoms with Crippen LogP contribution in [-0.2, 0) is 13.1 Å². The van der Waals surface area contributed by atoms with E-state index in [1.165, 1.54) is 23.5 Å². The van der Waals surface area contributed by atoms with Crippen molar-refractivity contribution in [1.82, 2.24) is 10.3 Å². The molecule has 2 nitrogen and oxygen atoms in total. The highest BCUT2D eigenvalue weighted by atomic mass is 32.2. The van der Waals surface area contributed by atoms with Gasteiger partial charge in [-0.25, -0.2) is 4.98 Å². The Bertz CT molecular complexity index is 495. The predicted molar refractivity (Wildman–Crippen MR) is 71.0 cm³/mol. The van der Waals surface area contributed by atoms with Gasteiger partial charge in [-0.1, -0.05) is 12.1 Å². The van der Waals surface area contributed by atoms with Crippen molar-refractivity contribution in [2.75, 3.05) is 0 Å². The fraction of sp³-hybridized carbons (Fsp3) is 0.250. The summed E-state index contributed by atoms with van der Waals surface area (Å²) in [5, 5.41) is 5.14. The molecule has 2 aromatic rings. The quantitative estimate of drug-likeness (QED) is 0.844. The van der Waals surface area contributed by atoms with E-state index in [1.54, 1.807) is 17.6 Å². The molecule has 7 heteroatoms. The lowest BCUT2D eigenvalue weighted by atomic mass is 10.2. The normalized spacial score (nSPS) is 11.7. The van der Waals surface area contributed by atoms with Crippen LogP contribution in [0.2, 0.25) is 0 Å². The van der Waals surface area contributed by atoms with E-state index in [2.05, 4.69) is 10.3 Å². The van der Waals surface area contributed by atoms with Gasteiger partial charge in [-0.15, -0.1) is 11.3 Å². The maximum absolute atomic E-state index is 12.1. The molecule has 1 aromatic carbocycles. The van der Waals surface area contributed by atoms with Gasteiger partial charge in [-0.2, -0.15) is 13.2 Å². The summed E-state index contributed by atoms with van der Waals surface area (Å²) in [5.74, 6) is 0. The molecule has 0 radical (unpaired) electrons. The number of rotatable bonds is 5. The Morgan fingerprint density at radius 2 is 1.89 bits per heavy atom. The summed E-state index contributed by atoms with van der Waals surface area (Å²) in [6, 6.07) is 6.36. The van der Waals surface area contributed by atoms with Gasteiger partial charge in [0.05, 0.1) is 11.2 Å². The average Bonchev–Trinajstić information content (AvgIpc) is 2.82. The first kappa shape index (κ1) is 14.4. The summed E-state index contributed by atoms with van der Waals surface area (Å²) >= 11 is 1.43. The Labute approximate surface area is 117 Å². The lowest BCUT2D eigenvalue weighted by Gasteiger charge is -2.07. The second-order valence-electron chi connectivity index (χ2n) is 3.78. The molecule has 0 amide bonds. The molecule has 0 fully saturated rings. The lowest BCUT2D eigenvalue weighted by Crippen LogP contribution is -2.12. The SMILES string of the molecule is FC(F)(F)Sc1ccc(CNCc2cscn2)cc1. The average molecular weight is 304 g/mol. The molecule has 102 valence electrons. The summed E-state index contributed by atoms with van der Waals surface area (Å²) in [6.07, 6.45) is 0. The van der Waals surface area contributed by atoms with Crippen LogP contribution in [0.4, 0.5) is 13.2 Å². The zero-order chi connectivity index (χ0) is 13.7. The van der Waals surface area contributed by atoms with Gasteiger partial charge in [0, 0.05) is 23.4 Å². The number of hydrogen-bond donors (Lipinski definition) is 1. The van der Waals surface area contributed by atoms with E-state index in [-0.39, 0.29) is 16.7 Å². The molecule has 1 aromatic heterocycles. The van der Waals surface area contributed by atoms with Crippen LogP contribution >= 0.6 is 23.1 Å². The number of alkyl halides is 3. The van der Waals surface area contributed by atoms with Crippen molar-refractivity contribution < 1.29 is 13.2 Å². The van der Waals surface area contributed by atoms with E-state index in [0.717, 1.165) is 11.3 Å². The minimum Gasteiger partial charge on any atom is -0.307 e. The van der Waals surface area contributed by atoms with Gasteiger partial charge < -0.3 is 5.32 Å². The number of thioether (sulfide) groups is 1. The lowest BCUT2D eigenvalue weighted by molar-refractivity contribution is -0.0328. The Hall–Kier alpha value is -1.05. The first-order valence-electron chi connectivity index (χ1n) is 5.45. The Kier molecular flexibility index (Phi) is 4.84. The van der Waals surface area contributed by atoms with Crippen molar-refractivity contribution >= 4 is 23.1 Å². The summed E-state index contributed by atoms with van der Waals surface area (Å²) in [5.41, 5.74) is -0.555. The molecule has 0 unspecified atom stereocenters. The number of hydrogen-bond acceptors (Lipinski definition) is 4. The highest BCUT2D eigenvalue weighted by Crippen LogP contribution is 2.36. The predicted octanol–water partition coefficient (Wildman–Crippen LogP) is 4.04. The van der Waals surface area contributed by atoms with Gasteiger partial charge in [-0.05, 0) is 29.5 Å². The Morgan fingerprint density at radius 3 is 2.47 bits per heavy atom. The molecular weight excluding hydrogens is 293 g/mol. The fourth-order valence-electron chi connectivity index (χ4n) is 1.47. The summed E-state index contributed by atoms with van der Waals surface area (Å²) in [7, 11) is 0. The van der Waals surface area contributed by atoms with Gasteiger partial charge >= 0.3 is 5.51 Å². The molecule has 0 spiro atoms. The second kappa shape index (κ2) is 6.40. The zero-order valence-corrected chi connectivity index (χ0v) is 11.4. The van der Waals surface area contributed by atoms with Crippen molar-refractivity contribution in [1.29, 1.82) is 0 Å². The first-order valence-corrected chi connectivity index (χ1v) is 7.21. The van der Waals surface area contributed by atoms with Crippen LogP contribution in [0.3, 0.4) is 0 Å². The molecule has 0 saturated heterocycles. The second-order valence-corrected chi connectivity index (χ2v) is 5.63. The van der Waals surface area contributed by atoms with Crippen molar-refractivity contribution in [3.8, 4) is 0 Å². The van der Waals surface area contributed by atoms with Crippen LogP contribution < -0.4 is 5.32 Å². The first-order chi connectivity index (χ1) is 9.03. The maximum Gasteiger partial charge on any atom is 0.446 e. The maximum atomic E-state index is 12.1. The molecule has 2 rings (SSSR count). The van der Waals surface area contributed by atoms with Gasteiger partial charge in [-0.3, -0.25) is 0 Å². The molecule has 1 heterocycles. The third-order valence-electron chi connectivity index (χ3n) is 2.28. The highest BCUT2D eigenvalue weighted by Gasteiger charge is 2.28. The minimum atomic E-state index is -4.23. The standard InChI is InChI=1S/C12H11F3N2S2/c13-12(14,15)19-11-3-1-9(2-4-11)5-16-6-10-7-18-8-17-10/h1-4,7-8,16H,5-6H2. The van der Waals surface area contributed by atoms with E-state index in [4.69, 9.17) is 0 Å². The van der Waals surface area contributed by atoms with Gasteiger partial charge in [0.1, 0.15) is 0 Å². The Balaban J connectivity index is 1.81. The molecule has 0 bridgehead atoms. The van der Waals surface area contributed by atoms with Gasteiger partial charge in [0.25, 0.3) is 0 Å². The number of nitrogens with one attached hydrogen (secondary N) is 1. The fourth-order valence-corrected chi connectivity index (χ4v) is 2.57. The third-order valence-corrected chi connectivity index (χ3v) is 3.65. The number of benzene rings is 1. The van der Waals surface area contributed by atoms with Crippen LogP contribution in [0, 0.1) is 0 Å². The van der Waals surface area contributed by atoms with Crippen molar-refractivity contribution in [3.05, 3.63) is 46.4 Å². The third kappa shape index (κ3) is 5.22. The van der Waals surface area contributed by atoms with Crippen LogP contribution in [0.15, 0.2) is 40.1 Å². The van der Waals surface area contributed by atoms with Crippen LogP contribution in [0.1, 0.15) is 11.3 Å². The number of nitrogens with zero attached hydrogens (tertiary/aromatic N) is 1. The van der Waals surface area contributed by atoms with Crippen LogP contribution in [0.25, 0.3) is 0 Å². The van der Waals surface area contributed by atoms with E-state index in [1.807, 2.05) is 5.38 Å². The number of aromatic nitrogens is 1. The highest BCUT2D eigenvalue weighted by molar-refractivity contribution is 8.00. The molecule has 0 atom stereocenters. The van der Waals surface area contributed by atoms with E-state index in [9.17, 15) is 13.2 Å². The van der Waals surface area contributed by atoms with E-state index < -0.39 is 5.51 Å². The van der Waals surface area contributed by atoms with Crippen LogP contribution in [0.5, 0.6) is 0 Å². The molecule has 0 aliphatic heterocycles. The summed E-state index contributed by atoms with van der Waals surface area (Å²) in [4.78, 5) is 4.33. The van der Waals surface area contributed by atoms with Crippen molar-refractivity contribution in [3.63, 3.8) is 0 Å². The number of halogens is 3. The molecule has 0 aliphatic carbocycles. The molecule has 0 saturated carbocycles. The smallest absolute Gasteiger partial charge is 0.307 e. The summed E-state index contributed by atoms with van der Waals surface area (Å²) < 4.78 is 36.4. The minimum absolute atomic E-state index is 0.0977. The van der Waals surface area contributed by atoms with Crippen molar-refractivity contribution in [2.24, 2.45) is 0 Å². The van der Waals surface area contributed by atoms with Gasteiger partial charge in [0.2, 0.25) is 0 Å².